The van der Waals surface area contributed by atoms with Crippen LogP contribution < -0.4 is 5.32 Å². The van der Waals surface area contributed by atoms with Crippen molar-refractivity contribution in [1.82, 2.24) is 0 Å². The number of benzene rings is 1. The standard InChI is InChI=1S/C15H19NO4/c1-3-13(17)16-12-7-5-6-9(14(12)18)10-8-11(10)15(19)20-4-2/h5-7,10-11,18H,3-4,8H2,1-2H3,(H,16,17)/t10-,11+/m0/s1. The van der Waals surface area contributed by atoms with E-state index >= 15 is 0 Å². The van der Waals surface area contributed by atoms with Crippen LogP contribution in [0.25, 0.3) is 0 Å². The molecule has 0 saturated heterocycles. The second kappa shape index (κ2) is 5.94. The zero-order chi connectivity index (χ0) is 14.7. The maximum atomic E-state index is 11.6. The van der Waals surface area contributed by atoms with E-state index in [4.69, 9.17) is 4.74 Å². The van der Waals surface area contributed by atoms with Crippen molar-refractivity contribution in [2.24, 2.45) is 5.92 Å². The fourth-order valence-corrected chi connectivity index (χ4v) is 2.25. The summed E-state index contributed by atoms with van der Waals surface area (Å²) in [6, 6.07) is 5.19. The third-order valence-electron chi connectivity index (χ3n) is 3.44. The highest BCUT2D eigenvalue weighted by Crippen LogP contribution is 2.52. The predicted molar refractivity (Wildman–Crippen MR) is 74.5 cm³/mol. The first-order valence-electron chi connectivity index (χ1n) is 6.86. The molecule has 1 fully saturated rings. The van der Waals surface area contributed by atoms with Crippen LogP contribution in [0.3, 0.4) is 0 Å². The number of aromatic hydroxyl groups is 1. The molecular formula is C15H19NO4. The van der Waals surface area contributed by atoms with E-state index in [9.17, 15) is 14.7 Å². The van der Waals surface area contributed by atoms with Crippen LogP contribution in [0, 0.1) is 5.92 Å². The Morgan fingerprint density at radius 3 is 2.80 bits per heavy atom. The number of nitrogens with one attached hydrogen (secondary N) is 1. The van der Waals surface area contributed by atoms with Gasteiger partial charge in [-0.1, -0.05) is 19.1 Å². The van der Waals surface area contributed by atoms with Crippen molar-refractivity contribution < 1.29 is 19.4 Å². The number of phenols is 1. The van der Waals surface area contributed by atoms with Crippen LogP contribution >= 0.6 is 0 Å². The normalized spacial score (nSPS) is 20.3. The summed E-state index contributed by atoms with van der Waals surface area (Å²) in [5, 5.41) is 12.9. The largest absolute Gasteiger partial charge is 0.505 e. The topological polar surface area (TPSA) is 75.6 Å². The maximum absolute atomic E-state index is 11.6. The summed E-state index contributed by atoms with van der Waals surface area (Å²) >= 11 is 0. The Morgan fingerprint density at radius 1 is 1.40 bits per heavy atom. The predicted octanol–water partition coefficient (Wildman–Crippen LogP) is 2.41. The molecule has 5 heteroatoms. The summed E-state index contributed by atoms with van der Waals surface area (Å²) in [7, 11) is 0. The summed E-state index contributed by atoms with van der Waals surface area (Å²) in [4.78, 5) is 23.0. The Bertz CT molecular complexity index is 527. The number of phenolic OH excluding ortho intramolecular Hbond substituents is 1. The average molecular weight is 277 g/mol. The highest BCUT2D eigenvalue weighted by Gasteiger charge is 2.46. The number of hydrogen-bond acceptors (Lipinski definition) is 4. The molecule has 0 unspecified atom stereocenters. The maximum Gasteiger partial charge on any atom is 0.309 e. The molecule has 1 aliphatic carbocycles. The van der Waals surface area contributed by atoms with Gasteiger partial charge in [-0.15, -0.1) is 0 Å². The number of esters is 1. The van der Waals surface area contributed by atoms with Crippen LogP contribution in [0.4, 0.5) is 5.69 Å². The Labute approximate surface area is 117 Å². The highest BCUT2D eigenvalue weighted by molar-refractivity contribution is 5.92. The smallest absolute Gasteiger partial charge is 0.309 e. The lowest BCUT2D eigenvalue weighted by Crippen LogP contribution is -2.10. The zero-order valence-electron chi connectivity index (χ0n) is 11.7. The first-order valence-corrected chi connectivity index (χ1v) is 6.86. The molecule has 2 N–H and O–H groups in total. The Morgan fingerprint density at radius 2 is 2.15 bits per heavy atom. The van der Waals surface area contributed by atoms with Gasteiger partial charge in [0, 0.05) is 17.9 Å². The van der Waals surface area contributed by atoms with E-state index < -0.39 is 0 Å². The van der Waals surface area contributed by atoms with Gasteiger partial charge in [0.1, 0.15) is 5.75 Å². The van der Waals surface area contributed by atoms with Crippen molar-refractivity contribution in [3.05, 3.63) is 23.8 Å². The molecule has 108 valence electrons. The summed E-state index contributed by atoms with van der Waals surface area (Å²) < 4.78 is 4.98. The number of carbonyl (C=O) groups excluding carboxylic acids is 2. The molecule has 0 radical (unpaired) electrons. The van der Waals surface area contributed by atoms with Crippen LogP contribution in [0.15, 0.2) is 18.2 Å². The van der Waals surface area contributed by atoms with Gasteiger partial charge >= 0.3 is 5.97 Å². The minimum Gasteiger partial charge on any atom is -0.505 e. The van der Waals surface area contributed by atoms with Gasteiger partial charge in [-0.3, -0.25) is 9.59 Å². The Kier molecular flexibility index (Phi) is 4.27. The van der Waals surface area contributed by atoms with Gasteiger partial charge in [0.25, 0.3) is 0 Å². The van der Waals surface area contributed by atoms with Crippen molar-refractivity contribution in [2.75, 3.05) is 11.9 Å². The molecule has 2 atom stereocenters. The van der Waals surface area contributed by atoms with Gasteiger partial charge in [-0.25, -0.2) is 0 Å². The van der Waals surface area contributed by atoms with Gasteiger partial charge in [-0.05, 0) is 19.4 Å². The molecule has 0 spiro atoms. The highest BCUT2D eigenvalue weighted by atomic mass is 16.5. The summed E-state index contributed by atoms with van der Waals surface area (Å²) in [5.41, 5.74) is 1.08. The van der Waals surface area contributed by atoms with E-state index in [0.29, 0.717) is 30.7 Å². The van der Waals surface area contributed by atoms with E-state index in [2.05, 4.69) is 5.32 Å². The minimum absolute atomic E-state index is 0.0208. The molecule has 1 aliphatic rings. The molecule has 1 saturated carbocycles. The molecule has 0 bridgehead atoms. The average Bonchev–Trinajstić information content (AvgIpc) is 3.21. The van der Waals surface area contributed by atoms with E-state index in [1.807, 2.05) is 0 Å². The Balaban J connectivity index is 2.12. The summed E-state index contributed by atoms with van der Waals surface area (Å²) in [5.74, 6) is -0.535. The SMILES string of the molecule is CCOC(=O)[C@@H]1C[C@H]1c1cccc(NC(=O)CC)c1O. The first-order chi connectivity index (χ1) is 9.58. The fourth-order valence-electron chi connectivity index (χ4n) is 2.25. The van der Waals surface area contributed by atoms with E-state index in [1.165, 1.54) is 0 Å². The summed E-state index contributed by atoms with van der Waals surface area (Å²) in [6.45, 7) is 3.88. The van der Waals surface area contributed by atoms with Crippen LogP contribution in [0.2, 0.25) is 0 Å². The molecule has 20 heavy (non-hydrogen) atoms. The molecule has 1 amide bonds. The van der Waals surface area contributed by atoms with Gasteiger partial charge in [0.05, 0.1) is 18.2 Å². The molecule has 1 aromatic carbocycles. The molecule has 0 heterocycles. The van der Waals surface area contributed by atoms with Crippen LogP contribution in [0.5, 0.6) is 5.75 Å². The van der Waals surface area contributed by atoms with Crippen molar-refractivity contribution in [2.45, 2.75) is 32.6 Å². The number of amides is 1. The third kappa shape index (κ3) is 2.92. The number of anilines is 1. The van der Waals surface area contributed by atoms with Crippen molar-refractivity contribution in [3.63, 3.8) is 0 Å². The van der Waals surface area contributed by atoms with E-state index in [1.54, 1.807) is 32.0 Å². The molecule has 0 aromatic heterocycles. The van der Waals surface area contributed by atoms with Crippen molar-refractivity contribution in [1.29, 1.82) is 0 Å². The Hall–Kier alpha value is -2.04. The molecule has 1 aromatic rings. The van der Waals surface area contributed by atoms with Crippen LogP contribution in [0.1, 0.15) is 38.2 Å². The lowest BCUT2D eigenvalue weighted by Gasteiger charge is -2.10. The second-order valence-electron chi connectivity index (χ2n) is 4.85. The third-order valence-corrected chi connectivity index (χ3v) is 3.44. The van der Waals surface area contributed by atoms with Crippen molar-refractivity contribution >= 4 is 17.6 Å². The van der Waals surface area contributed by atoms with Gasteiger partial charge in [-0.2, -0.15) is 0 Å². The number of carbonyl (C=O) groups is 2. The van der Waals surface area contributed by atoms with Crippen molar-refractivity contribution in [3.8, 4) is 5.75 Å². The molecule has 5 nitrogen and oxygen atoms in total. The number of para-hydroxylation sites is 1. The monoisotopic (exact) mass is 277 g/mol. The number of ether oxygens (including phenoxy) is 1. The molecule has 2 rings (SSSR count). The summed E-state index contributed by atoms with van der Waals surface area (Å²) in [6.07, 6.45) is 1.02. The van der Waals surface area contributed by atoms with Gasteiger partial charge in [0.15, 0.2) is 0 Å². The fraction of sp³-hybridized carbons (Fsp3) is 0.467. The molecular weight excluding hydrogens is 258 g/mol. The lowest BCUT2D eigenvalue weighted by atomic mass is 10.1. The molecule has 0 aliphatic heterocycles. The minimum atomic E-state index is -0.222. The van der Waals surface area contributed by atoms with E-state index in [-0.39, 0.29) is 29.5 Å². The van der Waals surface area contributed by atoms with Crippen LogP contribution in [-0.2, 0) is 14.3 Å². The number of rotatable bonds is 5. The number of hydrogen-bond donors (Lipinski definition) is 2. The van der Waals surface area contributed by atoms with E-state index in [0.717, 1.165) is 0 Å². The second-order valence-corrected chi connectivity index (χ2v) is 4.85. The first kappa shape index (κ1) is 14.4. The lowest BCUT2D eigenvalue weighted by molar-refractivity contribution is -0.144. The van der Waals surface area contributed by atoms with Crippen LogP contribution in [-0.4, -0.2) is 23.6 Å². The van der Waals surface area contributed by atoms with Gasteiger partial charge < -0.3 is 15.2 Å². The zero-order valence-corrected chi connectivity index (χ0v) is 11.7. The van der Waals surface area contributed by atoms with Gasteiger partial charge in [0.2, 0.25) is 5.91 Å². The quantitative estimate of drug-likeness (QED) is 0.640.